The van der Waals surface area contributed by atoms with Gasteiger partial charge in [-0.15, -0.1) is 0 Å². The largest absolute Gasteiger partial charge is 0.310 e. The highest BCUT2D eigenvalue weighted by molar-refractivity contribution is 6.09. The maximum Gasteiger partial charge on any atom is 0.0541 e. The predicted molar refractivity (Wildman–Crippen MR) is 212 cm³/mol. The van der Waals surface area contributed by atoms with Gasteiger partial charge in [0.25, 0.3) is 0 Å². The van der Waals surface area contributed by atoms with Crippen molar-refractivity contribution in [2.45, 2.75) is 0 Å². The zero-order chi connectivity index (χ0) is 33.3. The first-order valence-electron chi connectivity index (χ1n) is 17.1. The van der Waals surface area contributed by atoms with Crippen molar-refractivity contribution in [1.82, 2.24) is 4.57 Å². The molecule has 0 spiro atoms. The van der Waals surface area contributed by atoms with Crippen LogP contribution in [0.25, 0.3) is 60.9 Å². The number of aromatic nitrogens is 1. The Hall–Kier alpha value is -6.64. The van der Waals surface area contributed by atoms with Crippen molar-refractivity contribution in [3.05, 3.63) is 206 Å². The molecule has 0 amide bonds. The molecule has 2 nitrogen and oxygen atoms in total. The van der Waals surface area contributed by atoms with Gasteiger partial charge in [0.05, 0.1) is 16.7 Å². The topological polar surface area (TPSA) is 8.17 Å². The molecule has 0 aliphatic heterocycles. The van der Waals surface area contributed by atoms with Crippen LogP contribution >= 0.6 is 0 Å². The molecule has 0 saturated carbocycles. The Morgan fingerprint density at radius 2 is 0.760 bits per heavy atom. The zero-order valence-electron chi connectivity index (χ0n) is 27.5. The van der Waals surface area contributed by atoms with E-state index < -0.39 is 0 Å². The lowest BCUT2D eigenvalue weighted by Crippen LogP contribution is -2.09. The van der Waals surface area contributed by atoms with Gasteiger partial charge in [0.2, 0.25) is 0 Å². The standard InChI is InChI=1S/C48H34N2/c1-3-14-35(15-4-1)39-16-13-19-42(34-39)49(40-17-5-2-6-18-40)41-32-30-37(31-33-41)36-26-28-38(29-27-36)43-20-7-10-23-46(43)50-47-24-11-8-21-44(47)45-22-9-12-25-48(45)50/h1-34H. The summed E-state index contributed by atoms with van der Waals surface area (Å²) in [5, 5.41) is 2.54. The van der Waals surface area contributed by atoms with E-state index in [9.17, 15) is 0 Å². The van der Waals surface area contributed by atoms with Crippen LogP contribution in [0.2, 0.25) is 0 Å². The van der Waals surface area contributed by atoms with E-state index in [0.29, 0.717) is 0 Å². The number of anilines is 3. The first kappa shape index (κ1) is 29.5. The predicted octanol–water partition coefficient (Wildman–Crippen LogP) is 13.3. The fourth-order valence-corrected chi connectivity index (χ4v) is 7.22. The number of hydrogen-bond donors (Lipinski definition) is 0. The van der Waals surface area contributed by atoms with Gasteiger partial charge in [-0.3, -0.25) is 0 Å². The van der Waals surface area contributed by atoms with Crippen molar-refractivity contribution in [3.63, 3.8) is 0 Å². The SMILES string of the molecule is c1ccc(-c2cccc(N(c3ccccc3)c3ccc(-c4ccc(-c5ccccc5-n5c6ccccc6c6ccccc65)cc4)cc3)c2)cc1. The van der Waals surface area contributed by atoms with E-state index in [1.807, 2.05) is 0 Å². The molecule has 1 aromatic heterocycles. The minimum absolute atomic E-state index is 1.11. The Kier molecular flexibility index (Phi) is 7.53. The highest BCUT2D eigenvalue weighted by Gasteiger charge is 2.16. The third-order valence-corrected chi connectivity index (χ3v) is 9.61. The van der Waals surface area contributed by atoms with E-state index in [1.165, 1.54) is 60.9 Å². The molecular formula is C48H34N2. The normalized spacial score (nSPS) is 11.2. The molecule has 1 heterocycles. The molecule has 0 saturated heterocycles. The van der Waals surface area contributed by atoms with Gasteiger partial charge >= 0.3 is 0 Å². The lowest BCUT2D eigenvalue weighted by atomic mass is 9.98. The Morgan fingerprint density at radius 3 is 1.44 bits per heavy atom. The highest BCUT2D eigenvalue weighted by Crippen LogP contribution is 2.39. The number of nitrogens with zero attached hydrogens (tertiary/aromatic N) is 2. The van der Waals surface area contributed by atoms with Gasteiger partial charge < -0.3 is 9.47 Å². The van der Waals surface area contributed by atoms with Crippen LogP contribution in [0, 0.1) is 0 Å². The summed E-state index contributed by atoms with van der Waals surface area (Å²) in [7, 11) is 0. The number of rotatable bonds is 7. The Morgan fingerprint density at radius 1 is 0.300 bits per heavy atom. The average Bonchev–Trinajstić information content (AvgIpc) is 3.54. The Balaban J connectivity index is 1.06. The molecule has 8 aromatic carbocycles. The van der Waals surface area contributed by atoms with Crippen LogP contribution in [0.1, 0.15) is 0 Å². The maximum atomic E-state index is 2.40. The lowest BCUT2D eigenvalue weighted by molar-refractivity contribution is 1.18. The Bertz CT molecular complexity index is 2510. The van der Waals surface area contributed by atoms with Gasteiger partial charge in [0, 0.05) is 33.4 Å². The second-order valence-corrected chi connectivity index (χ2v) is 12.6. The van der Waals surface area contributed by atoms with E-state index in [1.54, 1.807) is 0 Å². The van der Waals surface area contributed by atoms with E-state index in [2.05, 4.69) is 216 Å². The van der Waals surface area contributed by atoms with Gasteiger partial charge in [-0.2, -0.15) is 0 Å². The molecule has 0 radical (unpaired) electrons. The molecule has 9 aromatic rings. The Labute approximate surface area is 292 Å². The summed E-state index contributed by atoms with van der Waals surface area (Å²) in [5.41, 5.74) is 14.1. The fourth-order valence-electron chi connectivity index (χ4n) is 7.22. The van der Waals surface area contributed by atoms with Crippen molar-refractivity contribution in [3.8, 4) is 39.1 Å². The van der Waals surface area contributed by atoms with E-state index in [-0.39, 0.29) is 0 Å². The molecule has 2 heteroatoms. The summed E-state index contributed by atoms with van der Waals surface area (Å²) in [5.74, 6) is 0. The molecule has 0 aliphatic rings. The van der Waals surface area contributed by atoms with Crippen molar-refractivity contribution in [2.75, 3.05) is 4.90 Å². The smallest absolute Gasteiger partial charge is 0.0541 e. The van der Waals surface area contributed by atoms with Gasteiger partial charge in [0.15, 0.2) is 0 Å². The minimum Gasteiger partial charge on any atom is -0.310 e. The molecule has 50 heavy (non-hydrogen) atoms. The summed E-state index contributed by atoms with van der Waals surface area (Å²) in [6.07, 6.45) is 0. The third kappa shape index (κ3) is 5.34. The molecule has 236 valence electrons. The summed E-state index contributed by atoms with van der Waals surface area (Å²) in [4.78, 5) is 2.32. The maximum absolute atomic E-state index is 2.40. The van der Waals surface area contributed by atoms with E-state index >= 15 is 0 Å². The van der Waals surface area contributed by atoms with Gasteiger partial charge in [-0.1, -0.05) is 152 Å². The highest BCUT2D eigenvalue weighted by atomic mass is 15.1. The van der Waals surface area contributed by atoms with Crippen molar-refractivity contribution >= 4 is 38.9 Å². The van der Waals surface area contributed by atoms with E-state index in [0.717, 1.165) is 17.1 Å². The monoisotopic (exact) mass is 638 g/mol. The number of benzene rings is 8. The second-order valence-electron chi connectivity index (χ2n) is 12.6. The average molecular weight is 639 g/mol. The van der Waals surface area contributed by atoms with Gasteiger partial charge in [-0.25, -0.2) is 0 Å². The van der Waals surface area contributed by atoms with Crippen molar-refractivity contribution in [2.24, 2.45) is 0 Å². The molecule has 0 bridgehead atoms. The molecule has 0 N–H and O–H groups in total. The zero-order valence-corrected chi connectivity index (χ0v) is 27.5. The quantitative estimate of drug-likeness (QED) is 0.169. The number of fused-ring (bicyclic) bond motifs is 3. The van der Waals surface area contributed by atoms with Crippen LogP contribution in [0.4, 0.5) is 17.1 Å². The second kappa shape index (κ2) is 12.8. The fraction of sp³-hybridized carbons (Fsp3) is 0. The first-order valence-corrected chi connectivity index (χ1v) is 17.1. The molecule has 0 fully saturated rings. The van der Waals surface area contributed by atoms with Crippen molar-refractivity contribution < 1.29 is 0 Å². The van der Waals surface area contributed by atoms with E-state index in [4.69, 9.17) is 0 Å². The van der Waals surface area contributed by atoms with Crippen molar-refractivity contribution in [1.29, 1.82) is 0 Å². The summed E-state index contributed by atoms with van der Waals surface area (Å²) in [6.45, 7) is 0. The molecular weight excluding hydrogens is 605 g/mol. The summed E-state index contributed by atoms with van der Waals surface area (Å²) < 4.78 is 2.40. The lowest BCUT2D eigenvalue weighted by Gasteiger charge is -2.26. The minimum atomic E-state index is 1.11. The van der Waals surface area contributed by atoms with Gasteiger partial charge in [-0.05, 0) is 82.4 Å². The van der Waals surface area contributed by atoms with Crippen LogP contribution in [-0.4, -0.2) is 4.57 Å². The summed E-state index contributed by atoms with van der Waals surface area (Å²) >= 11 is 0. The van der Waals surface area contributed by atoms with Crippen LogP contribution in [0.5, 0.6) is 0 Å². The van der Waals surface area contributed by atoms with Crippen LogP contribution in [-0.2, 0) is 0 Å². The molecule has 9 rings (SSSR count). The number of hydrogen-bond acceptors (Lipinski definition) is 1. The van der Waals surface area contributed by atoms with Gasteiger partial charge in [0.1, 0.15) is 0 Å². The van der Waals surface area contributed by atoms with Crippen LogP contribution in [0.15, 0.2) is 206 Å². The molecule has 0 aliphatic carbocycles. The van der Waals surface area contributed by atoms with Crippen LogP contribution in [0.3, 0.4) is 0 Å². The van der Waals surface area contributed by atoms with Crippen LogP contribution < -0.4 is 4.90 Å². The molecule has 0 unspecified atom stereocenters. The third-order valence-electron chi connectivity index (χ3n) is 9.61. The number of para-hydroxylation sites is 4. The first-order chi connectivity index (χ1) is 24.8. The summed E-state index contributed by atoms with van der Waals surface area (Å²) in [6, 6.07) is 73.9. The molecule has 0 atom stereocenters.